The number of carbonyl (C=O) groups is 1. The number of hydrogen-bond donors (Lipinski definition) is 1. The summed E-state index contributed by atoms with van der Waals surface area (Å²) in [7, 11) is 3.10. The van der Waals surface area contributed by atoms with Crippen LogP contribution in [-0.4, -0.2) is 40.3 Å². The zero-order chi connectivity index (χ0) is 16.9. The summed E-state index contributed by atoms with van der Waals surface area (Å²) >= 11 is 0. The molecule has 0 unspecified atom stereocenters. The Hall–Kier alpha value is -3.42. The van der Waals surface area contributed by atoms with Crippen LogP contribution in [0.1, 0.15) is 10.4 Å². The lowest BCUT2D eigenvalue weighted by Crippen LogP contribution is -2.12. The van der Waals surface area contributed by atoms with Gasteiger partial charge in [-0.15, -0.1) is 5.10 Å². The SMILES string of the molecule is COc1ccc(NC(=O)c2cccc(-n3cnnn3)c2)cc1OC. The van der Waals surface area contributed by atoms with Crippen molar-refractivity contribution in [2.45, 2.75) is 0 Å². The first-order chi connectivity index (χ1) is 11.7. The zero-order valence-electron chi connectivity index (χ0n) is 13.1. The summed E-state index contributed by atoms with van der Waals surface area (Å²) in [6.07, 6.45) is 1.46. The number of methoxy groups -OCH3 is 2. The smallest absolute Gasteiger partial charge is 0.255 e. The lowest BCUT2D eigenvalue weighted by atomic mass is 10.2. The van der Waals surface area contributed by atoms with Crippen molar-refractivity contribution in [1.82, 2.24) is 20.2 Å². The summed E-state index contributed by atoms with van der Waals surface area (Å²) < 4.78 is 11.9. The molecule has 0 aliphatic rings. The van der Waals surface area contributed by atoms with Crippen LogP contribution < -0.4 is 14.8 Å². The molecule has 1 aromatic heterocycles. The number of rotatable bonds is 5. The van der Waals surface area contributed by atoms with E-state index in [0.29, 0.717) is 28.4 Å². The van der Waals surface area contributed by atoms with Crippen molar-refractivity contribution in [2.24, 2.45) is 0 Å². The average molecular weight is 325 g/mol. The van der Waals surface area contributed by atoms with Gasteiger partial charge in [-0.25, -0.2) is 4.68 Å². The van der Waals surface area contributed by atoms with Gasteiger partial charge in [0.2, 0.25) is 0 Å². The van der Waals surface area contributed by atoms with Crippen molar-refractivity contribution in [3.63, 3.8) is 0 Å². The Morgan fingerprint density at radius 2 is 1.92 bits per heavy atom. The molecule has 2 aromatic carbocycles. The zero-order valence-corrected chi connectivity index (χ0v) is 13.1. The first kappa shape index (κ1) is 15.5. The molecule has 24 heavy (non-hydrogen) atoms. The molecule has 0 radical (unpaired) electrons. The Kier molecular flexibility index (Phi) is 4.37. The molecule has 8 heteroatoms. The average Bonchev–Trinajstić information content (AvgIpc) is 3.16. The van der Waals surface area contributed by atoms with E-state index in [1.807, 2.05) is 6.07 Å². The minimum absolute atomic E-state index is 0.253. The number of nitrogens with one attached hydrogen (secondary N) is 1. The summed E-state index contributed by atoms with van der Waals surface area (Å²) in [6, 6.07) is 12.2. The largest absolute Gasteiger partial charge is 0.493 e. The normalized spacial score (nSPS) is 10.2. The third-order valence-electron chi connectivity index (χ3n) is 3.36. The highest BCUT2D eigenvalue weighted by Gasteiger charge is 2.10. The summed E-state index contributed by atoms with van der Waals surface area (Å²) in [5, 5.41) is 13.8. The maximum Gasteiger partial charge on any atom is 0.255 e. The predicted octanol–water partition coefficient (Wildman–Crippen LogP) is 1.93. The van der Waals surface area contributed by atoms with Crippen LogP contribution in [0.4, 0.5) is 5.69 Å². The Bertz CT molecular complexity index is 849. The first-order valence-corrected chi connectivity index (χ1v) is 7.08. The van der Waals surface area contributed by atoms with Crippen molar-refractivity contribution < 1.29 is 14.3 Å². The fraction of sp³-hybridized carbons (Fsp3) is 0.125. The molecule has 0 bridgehead atoms. The van der Waals surface area contributed by atoms with Gasteiger partial charge in [-0.2, -0.15) is 0 Å². The lowest BCUT2D eigenvalue weighted by molar-refractivity contribution is 0.102. The van der Waals surface area contributed by atoms with Gasteiger partial charge >= 0.3 is 0 Å². The van der Waals surface area contributed by atoms with Crippen molar-refractivity contribution in [2.75, 3.05) is 19.5 Å². The fourth-order valence-electron chi connectivity index (χ4n) is 2.19. The Morgan fingerprint density at radius 1 is 1.08 bits per heavy atom. The number of anilines is 1. The van der Waals surface area contributed by atoms with Crippen LogP contribution in [0.3, 0.4) is 0 Å². The van der Waals surface area contributed by atoms with Crippen LogP contribution in [0, 0.1) is 0 Å². The second-order valence-corrected chi connectivity index (χ2v) is 4.83. The molecule has 0 aliphatic carbocycles. The first-order valence-electron chi connectivity index (χ1n) is 7.08. The van der Waals surface area contributed by atoms with Gasteiger partial charge in [0.1, 0.15) is 6.33 Å². The maximum atomic E-state index is 12.4. The molecule has 0 atom stereocenters. The van der Waals surface area contributed by atoms with Crippen molar-refractivity contribution in [3.05, 3.63) is 54.4 Å². The van der Waals surface area contributed by atoms with Gasteiger partial charge in [0.25, 0.3) is 5.91 Å². The van der Waals surface area contributed by atoms with Crippen LogP contribution in [0.15, 0.2) is 48.8 Å². The van der Waals surface area contributed by atoms with Gasteiger partial charge in [-0.1, -0.05) is 6.07 Å². The number of carbonyl (C=O) groups excluding carboxylic acids is 1. The quantitative estimate of drug-likeness (QED) is 0.771. The third-order valence-corrected chi connectivity index (χ3v) is 3.36. The minimum atomic E-state index is -0.253. The van der Waals surface area contributed by atoms with Gasteiger partial charge in [0, 0.05) is 17.3 Å². The molecule has 1 N–H and O–H groups in total. The Balaban J connectivity index is 1.81. The maximum absolute atomic E-state index is 12.4. The Morgan fingerprint density at radius 3 is 2.62 bits per heavy atom. The van der Waals surface area contributed by atoms with E-state index < -0.39 is 0 Å². The highest BCUT2D eigenvalue weighted by molar-refractivity contribution is 6.04. The van der Waals surface area contributed by atoms with Crippen molar-refractivity contribution in [1.29, 1.82) is 0 Å². The van der Waals surface area contributed by atoms with E-state index in [-0.39, 0.29) is 5.91 Å². The number of benzene rings is 2. The second-order valence-electron chi connectivity index (χ2n) is 4.83. The molecule has 3 aromatic rings. The molecule has 1 heterocycles. The number of nitrogens with zero attached hydrogens (tertiary/aromatic N) is 4. The standard InChI is InChI=1S/C16H15N5O3/c1-23-14-7-6-12(9-15(14)24-2)18-16(22)11-4-3-5-13(8-11)21-10-17-19-20-21/h3-10H,1-2H3,(H,18,22). The molecule has 1 amide bonds. The molecule has 8 nitrogen and oxygen atoms in total. The highest BCUT2D eigenvalue weighted by Crippen LogP contribution is 2.29. The van der Waals surface area contributed by atoms with E-state index in [0.717, 1.165) is 0 Å². The molecule has 0 saturated carbocycles. The number of hydrogen-bond acceptors (Lipinski definition) is 6. The van der Waals surface area contributed by atoms with E-state index in [9.17, 15) is 4.79 Å². The summed E-state index contributed by atoms with van der Waals surface area (Å²) in [5.41, 5.74) is 1.78. The van der Waals surface area contributed by atoms with E-state index in [1.54, 1.807) is 50.6 Å². The topological polar surface area (TPSA) is 91.2 Å². The summed E-state index contributed by atoms with van der Waals surface area (Å²) in [6.45, 7) is 0. The van der Waals surface area contributed by atoms with Gasteiger partial charge in [-0.3, -0.25) is 4.79 Å². The number of amides is 1. The molecule has 0 saturated heterocycles. The molecule has 3 rings (SSSR count). The van der Waals surface area contributed by atoms with E-state index >= 15 is 0 Å². The molecular formula is C16H15N5O3. The van der Waals surface area contributed by atoms with Crippen LogP contribution >= 0.6 is 0 Å². The van der Waals surface area contributed by atoms with E-state index in [1.165, 1.54) is 11.0 Å². The molecule has 122 valence electrons. The predicted molar refractivity (Wildman–Crippen MR) is 86.7 cm³/mol. The monoisotopic (exact) mass is 325 g/mol. The molecule has 0 spiro atoms. The van der Waals surface area contributed by atoms with E-state index in [2.05, 4.69) is 20.8 Å². The van der Waals surface area contributed by atoms with E-state index in [4.69, 9.17) is 9.47 Å². The van der Waals surface area contributed by atoms with Gasteiger partial charge in [0.05, 0.1) is 19.9 Å². The van der Waals surface area contributed by atoms with Gasteiger partial charge in [-0.05, 0) is 40.8 Å². The molecular weight excluding hydrogens is 310 g/mol. The van der Waals surface area contributed by atoms with Crippen molar-refractivity contribution in [3.8, 4) is 17.2 Å². The fourth-order valence-corrected chi connectivity index (χ4v) is 2.19. The number of tetrazole rings is 1. The van der Waals surface area contributed by atoms with Crippen LogP contribution in [0.2, 0.25) is 0 Å². The Labute approximate surface area is 138 Å². The summed E-state index contributed by atoms with van der Waals surface area (Å²) in [5.74, 6) is 0.881. The lowest BCUT2D eigenvalue weighted by Gasteiger charge is -2.11. The van der Waals surface area contributed by atoms with Crippen LogP contribution in [0.25, 0.3) is 5.69 Å². The summed E-state index contributed by atoms with van der Waals surface area (Å²) in [4.78, 5) is 12.4. The number of aromatic nitrogens is 4. The van der Waals surface area contributed by atoms with Gasteiger partial charge in [0.15, 0.2) is 11.5 Å². The molecule has 0 fully saturated rings. The van der Waals surface area contributed by atoms with Crippen LogP contribution in [-0.2, 0) is 0 Å². The molecule has 0 aliphatic heterocycles. The van der Waals surface area contributed by atoms with Crippen LogP contribution in [0.5, 0.6) is 11.5 Å². The minimum Gasteiger partial charge on any atom is -0.493 e. The van der Waals surface area contributed by atoms with Gasteiger partial charge < -0.3 is 14.8 Å². The highest BCUT2D eigenvalue weighted by atomic mass is 16.5. The number of ether oxygens (including phenoxy) is 2. The third kappa shape index (κ3) is 3.17. The van der Waals surface area contributed by atoms with Crippen molar-refractivity contribution >= 4 is 11.6 Å². The second kappa shape index (κ2) is 6.78.